The monoisotopic (exact) mass is 285 g/mol. The molecule has 2 unspecified atom stereocenters. The van der Waals surface area contributed by atoms with Crippen LogP contribution in [0.2, 0.25) is 0 Å². The zero-order chi connectivity index (χ0) is 13.3. The Morgan fingerprint density at radius 3 is 2.89 bits per heavy atom. The largest absolute Gasteiger partial charge is 0.388 e. The highest BCUT2D eigenvalue weighted by Gasteiger charge is 2.33. The van der Waals surface area contributed by atoms with Crippen LogP contribution in [-0.4, -0.2) is 24.9 Å². The van der Waals surface area contributed by atoms with Gasteiger partial charge in [0.2, 0.25) is 10.0 Å². The molecule has 1 heterocycles. The zero-order valence-corrected chi connectivity index (χ0v) is 11.6. The highest BCUT2D eigenvalue weighted by Crippen LogP contribution is 2.37. The normalized spacial score (nSPS) is 22.7. The average molecular weight is 285 g/mol. The second-order valence-corrected chi connectivity index (χ2v) is 6.71. The summed E-state index contributed by atoms with van der Waals surface area (Å²) in [5.41, 5.74) is 5.62. The number of pyridine rings is 1. The quantitative estimate of drug-likeness (QED) is 0.776. The second kappa shape index (κ2) is 4.91. The van der Waals surface area contributed by atoms with Crippen molar-refractivity contribution in [3.63, 3.8) is 0 Å². The molecule has 7 heteroatoms. The van der Waals surface area contributed by atoms with E-state index < -0.39 is 10.0 Å². The van der Waals surface area contributed by atoms with Crippen molar-refractivity contribution >= 4 is 27.2 Å². The SMILES string of the molecule is CC1CC1CNS(=O)(=O)c1cccnc1C(N)=S. The Bertz CT molecular complexity index is 571. The number of hydrogen-bond acceptors (Lipinski definition) is 4. The lowest BCUT2D eigenvalue weighted by molar-refractivity contribution is 0.574. The lowest BCUT2D eigenvalue weighted by atomic mass is 10.3. The van der Waals surface area contributed by atoms with Gasteiger partial charge in [0.05, 0.1) is 0 Å². The summed E-state index contributed by atoms with van der Waals surface area (Å²) in [5, 5.41) is 0. The van der Waals surface area contributed by atoms with E-state index in [4.69, 9.17) is 18.0 Å². The third kappa shape index (κ3) is 2.85. The minimum absolute atomic E-state index is 0.0178. The van der Waals surface area contributed by atoms with Gasteiger partial charge in [-0.15, -0.1) is 0 Å². The molecule has 5 nitrogen and oxygen atoms in total. The van der Waals surface area contributed by atoms with Crippen molar-refractivity contribution in [3.8, 4) is 0 Å². The van der Waals surface area contributed by atoms with E-state index in [-0.39, 0.29) is 15.6 Å². The average Bonchev–Trinajstić information content (AvgIpc) is 3.03. The van der Waals surface area contributed by atoms with Gasteiger partial charge in [0.15, 0.2) is 0 Å². The van der Waals surface area contributed by atoms with Gasteiger partial charge >= 0.3 is 0 Å². The van der Waals surface area contributed by atoms with Crippen molar-refractivity contribution in [2.45, 2.75) is 18.2 Å². The minimum atomic E-state index is -3.59. The molecular weight excluding hydrogens is 270 g/mol. The Morgan fingerprint density at radius 1 is 1.67 bits per heavy atom. The summed E-state index contributed by atoms with van der Waals surface area (Å²) in [6, 6.07) is 3.01. The third-order valence-electron chi connectivity index (χ3n) is 3.11. The number of nitrogens with one attached hydrogen (secondary N) is 1. The smallest absolute Gasteiger partial charge is 0.242 e. The van der Waals surface area contributed by atoms with Crippen LogP contribution >= 0.6 is 12.2 Å². The number of rotatable bonds is 5. The summed E-state index contributed by atoms with van der Waals surface area (Å²) >= 11 is 4.81. The van der Waals surface area contributed by atoms with Crippen LogP contribution in [0.1, 0.15) is 19.0 Å². The lowest BCUT2D eigenvalue weighted by Crippen LogP contribution is -2.29. The molecule has 0 bridgehead atoms. The fourth-order valence-electron chi connectivity index (χ4n) is 1.77. The molecule has 1 aliphatic carbocycles. The number of thiocarbonyl (C=S) groups is 1. The molecule has 18 heavy (non-hydrogen) atoms. The molecule has 1 aromatic rings. The van der Waals surface area contributed by atoms with E-state index in [0.717, 1.165) is 6.42 Å². The molecule has 1 aliphatic rings. The molecule has 0 aliphatic heterocycles. The van der Waals surface area contributed by atoms with Crippen LogP contribution in [-0.2, 0) is 10.0 Å². The van der Waals surface area contributed by atoms with E-state index in [1.807, 2.05) is 0 Å². The van der Waals surface area contributed by atoms with Gasteiger partial charge in [-0.05, 0) is 30.4 Å². The maximum absolute atomic E-state index is 12.1. The first-order chi connectivity index (χ1) is 8.42. The molecule has 1 aromatic heterocycles. The topological polar surface area (TPSA) is 85.1 Å². The Balaban J connectivity index is 2.21. The molecule has 1 saturated carbocycles. The lowest BCUT2D eigenvalue weighted by Gasteiger charge is -2.09. The van der Waals surface area contributed by atoms with Crippen LogP contribution in [0, 0.1) is 11.8 Å². The van der Waals surface area contributed by atoms with E-state index >= 15 is 0 Å². The van der Waals surface area contributed by atoms with Crippen LogP contribution < -0.4 is 10.5 Å². The number of nitrogens with zero attached hydrogens (tertiary/aromatic N) is 1. The van der Waals surface area contributed by atoms with Gasteiger partial charge in [-0.25, -0.2) is 13.1 Å². The third-order valence-corrected chi connectivity index (χ3v) is 4.75. The minimum Gasteiger partial charge on any atom is -0.388 e. The first-order valence-corrected chi connectivity index (χ1v) is 7.55. The van der Waals surface area contributed by atoms with Crippen molar-refractivity contribution in [2.75, 3.05) is 6.54 Å². The van der Waals surface area contributed by atoms with E-state index in [2.05, 4.69) is 16.6 Å². The molecule has 0 radical (unpaired) electrons. The zero-order valence-electron chi connectivity index (χ0n) is 9.96. The summed E-state index contributed by atoms with van der Waals surface area (Å²) in [7, 11) is -3.59. The maximum Gasteiger partial charge on any atom is 0.242 e. The van der Waals surface area contributed by atoms with Gasteiger partial charge in [-0.1, -0.05) is 19.1 Å². The molecule has 2 atom stereocenters. The van der Waals surface area contributed by atoms with Crippen molar-refractivity contribution in [1.29, 1.82) is 0 Å². The molecular formula is C11H15N3O2S2. The Kier molecular flexibility index (Phi) is 3.65. The molecule has 0 spiro atoms. The van der Waals surface area contributed by atoms with Gasteiger partial charge < -0.3 is 5.73 Å². The van der Waals surface area contributed by atoms with Crippen LogP contribution in [0.15, 0.2) is 23.2 Å². The van der Waals surface area contributed by atoms with Crippen molar-refractivity contribution < 1.29 is 8.42 Å². The maximum atomic E-state index is 12.1. The summed E-state index contributed by atoms with van der Waals surface area (Å²) < 4.78 is 26.8. The van der Waals surface area contributed by atoms with Crippen molar-refractivity contribution in [3.05, 3.63) is 24.0 Å². The predicted octanol–water partition coefficient (Wildman–Crippen LogP) is 0.650. The number of nitrogens with two attached hydrogens (primary N) is 1. The molecule has 3 N–H and O–H groups in total. The molecule has 0 aromatic carbocycles. The number of aromatic nitrogens is 1. The standard InChI is InChI=1S/C11H15N3O2S2/c1-7-5-8(7)6-14-18(15,16)9-3-2-4-13-10(9)11(12)17/h2-4,7-8,14H,5-6H2,1H3,(H2,12,17). The van der Waals surface area contributed by atoms with Crippen molar-refractivity contribution in [2.24, 2.45) is 17.6 Å². The van der Waals surface area contributed by atoms with Gasteiger partial charge in [0.25, 0.3) is 0 Å². The van der Waals surface area contributed by atoms with Gasteiger partial charge in [-0.2, -0.15) is 0 Å². The summed E-state index contributed by atoms with van der Waals surface area (Å²) in [6.07, 6.45) is 2.54. The van der Waals surface area contributed by atoms with E-state index in [1.54, 1.807) is 6.07 Å². The van der Waals surface area contributed by atoms with E-state index in [1.165, 1.54) is 12.3 Å². The van der Waals surface area contributed by atoms with Crippen LogP contribution in [0.3, 0.4) is 0 Å². The van der Waals surface area contributed by atoms with Crippen LogP contribution in [0.5, 0.6) is 0 Å². The van der Waals surface area contributed by atoms with Crippen LogP contribution in [0.25, 0.3) is 0 Å². The van der Waals surface area contributed by atoms with E-state index in [9.17, 15) is 8.42 Å². The van der Waals surface area contributed by atoms with Gasteiger partial charge in [-0.3, -0.25) is 4.98 Å². The Morgan fingerprint density at radius 2 is 2.33 bits per heavy atom. The van der Waals surface area contributed by atoms with Gasteiger partial charge in [0, 0.05) is 12.7 Å². The highest BCUT2D eigenvalue weighted by atomic mass is 32.2. The summed E-state index contributed by atoms with van der Waals surface area (Å²) in [4.78, 5) is 3.95. The van der Waals surface area contributed by atoms with Gasteiger partial charge in [0.1, 0.15) is 15.6 Å². The number of sulfonamides is 1. The first kappa shape index (κ1) is 13.4. The fourth-order valence-corrected chi connectivity index (χ4v) is 3.26. The first-order valence-electron chi connectivity index (χ1n) is 5.66. The summed E-state index contributed by atoms with van der Waals surface area (Å²) in [6.45, 7) is 2.55. The number of hydrogen-bond donors (Lipinski definition) is 2. The Labute approximate surface area is 112 Å². The highest BCUT2D eigenvalue weighted by molar-refractivity contribution is 7.89. The molecule has 2 rings (SSSR count). The Hall–Kier alpha value is -1.05. The second-order valence-electron chi connectivity index (χ2n) is 4.54. The molecule has 0 amide bonds. The molecule has 1 fully saturated rings. The van der Waals surface area contributed by atoms with E-state index in [0.29, 0.717) is 18.4 Å². The predicted molar refractivity (Wildman–Crippen MR) is 72.6 cm³/mol. The molecule has 98 valence electrons. The summed E-state index contributed by atoms with van der Waals surface area (Å²) in [5.74, 6) is 1.03. The molecule has 0 saturated heterocycles. The fraction of sp³-hybridized carbons (Fsp3) is 0.455. The van der Waals surface area contributed by atoms with Crippen molar-refractivity contribution in [1.82, 2.24) is 9.71 Å². The van der Waals surface area contributed by atoms with Crippen LogP contribution in [0.4, 0.5) is 0 Å².